The standard InChI is InChI=1S/C15H23NO3/c1-11(2)6-5-9-19-14-8-7-13(12(3)16-17)10-15(14)18-4/h7-8,10-11,17H,5-6,9H2,1-4H3/b16-12+. The number of nitrogens with zero attached hydrogens (tertiary/aromatic N) is 1. The van der Waals surface area contributed by atoms with Crippen molar-refractivity contribution in [3.63, 3.8) is 0 Å². The molecule has 19 heavy (non-hydrogen) atoms. The first-order chi connectivity index (χ1) is 9.08. The highest BCUT2D eigenvalue weighted by molar-refractivity contribution is 5.98. The fourth-order valence-corrected chi connectivity index (χ4v) is 1.74. The van der Waals surface area contributed by atoms with Crippen LogP contribution in [0.4, 0.5) is 0 Å². The van der Waals surface area contributed by atoms with Gasteiger partial charge < -0.3 is 14.7 Å². The van der Waals surface area contributed by atoms with Crippen LogP contribution in [0, 0.1) is 5.92 Å². The first-order valence-corrected chi connectivity index (χ1v) is 6.58. The Labute approximate surface area is 115 Å². The minimum absolute atomic E-state index is 0.546. The summed E-state index contributed by atoms with van der Waals surface area (Å²) in [6, 6.07) is 5.51. The van der Waals surface area contributed by atoms with Crippen LogP contribution < -0.4 is 9.47 Å². The number of benzene rings is 1. The van der Waals surface area contributed by atoms with Crippen molar-refractivity contribution in [2.75, 3.05) is 13.7 Å². The molecule has 0 aliphatic rings. The van der Waals surface area contributed by atoms with Gasteiger partial charge >= 0.3 is 0 Å². The molecule has 1 aromatic rings. The Hall–Kier alpha value is -1.71. The van der Waals surface area contributed by atoms with Crippen molar-refractivity contribution in [1.82, 2.24) is 0 Å². The smallest absolute Gasteiger partial charge is 0.161 e. The van der Waals surface area contributed by atoms with Crippen molar-refractivity contribution in [3.8, 4) is 11.5 Å². The van der Waals surface area contributed by atoms with Crippen LogP contribution in [-0.4, -0.2) is 24.6 Å². The van der Waals surface area contributed by atoms with Gasteiger partial charge in [-0.25, -0.2) is 0 Å². The van der Waals surface area contributed by atoms with Crippen LogP contribution in [-0.2, 0) is 0 Å². The average molecular weight is 265 g/mol. The van der Waals surface area contributed by atoms with Gasteiger partial charge in [0.05, 0.1) is 19.4 Å². The Kier molecular flexibility index (Phi) is 6.19. The molecule has 0 unspecified atom stereocenters. The minimum atomic E-state index is 0.546. The largest absolute Gasteiger partial charge is 0.493 e. The third-order valence-electron chi connectivity index (χ3n) is 2.91. The molecule has 0 atom stereocenters. The molecule has 106 valence electrons. The van der Waals surface area contributed by atoms with Crippen molar-refractivity contribution in [1.29, 1.82) is 0 Å². The molecular weight excluding hydrogens is 242 g/mol. The molecule has 4 heteroatoms. The quantitative estimate of drug-likeness (QED) is 0.354. The highest BCUT2D eigenvalue weighted by Crippen LogP contribution is 2.28. The Morgan fingerprint density at radius 2 is 2.05 bits per heavy atom. The Morgan fingerprint density at radius 1 is 1.32 bits per heavy atom. The third kappa shape index (κ3) is 4.81. The minimum Gasteiger partial charge on any atom is -0.493 e. The normalized spacial score (nSPS) is 11.7. The maximum atomic E-state index is 8.76. The van der Waals surface area contributed by atoms with E-state index in [0.29, 0.717) is 24.0 Å². The summed E-state index contributed by atoms with van der Waals surface area (Å²) in [5.74, 6) is 2.07. The van der Waals surface area contributed by atoms with Gasteiger partial charge in [0.2, 0.25) is 0 Å². The fourth-order valence-electron chi connectivity index (χ4n) is 1.74. The molecule has 0 spiro atoms. The number of hydrogen-bond donors (Lipinski definition) is 1. The highest BCUT2D eigenvalue weighted by Gasteiger charge is 2.07. The Bertz CT molecular complexity index is 427. The molecule has 1 N–H and O–H groups in total. The van der Waals surface area contributed by atoms with Crippen LogP contribution in [0.25, 0.3) is 0 Å². The molecule has 0 aliphatic heterocycles. The molecule has 0 aliphatic carbocycles. The van der Waals surface area contributed by atoms with Gasteiger partial charge in [-0.15, -0.1) is 0 Å². The van der Waals surface area contributed by atoms with Crippen molar-refractivity contribution in [3.05, 3.63) is 23.8 Å². The van der Waals surface area contributed by atoms with Crippen LogP contribution in [0.2, 0.25) is 0 Å². The highest BCUT2D eigenvalue weighted by atomic mass is 16.5. The van der Waals surface area contributed by atoms with E-state index in [2.05, 4.69) is 19.0 Å². The number of ether oxygens (including phenoxy) is 2. The molecule has 0 saturated carbocycles. The topological polar surface area (TPSA) is 51.0 Å². The second kappa shape index (κ2) is 7.67. The molecule has 4 nitrogen and oxygen atoms in total. The van der Waals surface area contributed by atoms with Crippen LogP contribution in [0.15, 0.2) is 23.4 Å². The van der Waals surface area contributed by atoms with Crippen LogP contribution in [0.1, 0.15) is 39.2 Å². The summed E-state index contributed by atoms with van der Waals surface area (Å²) in [6.45, 7) is 6.82. The molecular formula is C15H23NO3. The monoisotopic (exact) mass is 265 g/mol. The van der Waals surface area contributed by atoms with Crippen molar-refractivity contribution < 1.29 is 14.7 Å². The molecule has 0 radical (unpaired) electrons. The van der Waals surface area contributed by atoms with Gasteiger partial charge in [0.25, 0.3) is 0 Å². The van der Waals surface area contributed by atoms with Crippen LogP contribution in [0.5, 0.6) is 11.5 Å². The molecule has 0 bridgehead atoms. The van der Waals surface area contributed by atoms with Crippen molar-refractivity contribution >= 4 is 5.71 Å². The maximum absolute atomic E-state index is 8.76. The summed E-state index contributed by atoms with van der Waals surface area (Å²) in [5, 5.41) is 11.9. The van der Waals surface area contributed by atoms with Crippen LogP contribution >= 0.6 is 0 Å². The van der Waals surface area contributed by atoms with E-state index in [1.54, 1.807) is 14.0 Å². The lowest BCUT2D eigenvalue weighted by Crippen LogP contribution is -2.02. The zero-order valence-corrected chi connectivity index (χ0v) is 12.1. The predicted molar refractivity (Wildman–Crippen MR) is 76.6 cm³/mol. The number of hydrogen-bond acceptors (Lipinski definition) is 4. The lowest BCUT2D eigenvalue weighted by molar-refractivity contribution is 0.279. The van der Waals surface area contributed by atoms with E-state index >= 15 is 0 Å². The lowest BCUT2D eigenvalue weighted by Gasteiger charge is -2.12. The summed E-state index contributed by atoms with van der Waals surface area (Å²) in [5.41, 5.74) is 1.36. The summed E-state index contributed by atoms with van der Waals surface area (Å²) in [7, 11) is 1.60. The van der Waals surface area contributed by atoms with Gasteiger partial charge in [0.1, 0.15) is 0 Å². The van der Waals surface area contributed by atoms with Crippen molar-refractivity contribution in [2.45, 2.75) is 33.6 Å². The van der Waals surface area contributed by atoms with E-state index in [1.165, 1.54) is 0 Å². The summed E-state index contributed by atoms with van der Waals surface area (Å²) < 4.78 is 11.0. The SMILES string of the molecule is COc1cc(/C(C)=N/O)ccc1OCCCC(C)C. The van der Waals surface area contributed by atoms with E-state index in [0.717, 1.165) is 24.2 Å². The van der Waals surface area contributed by atoms with E-state index in [1.807, 2.05) is 18.2 Å². The number of rotatable bonds is 7. The molecule has 1 aromatic carbocycles. The first-order valence-electron chi connectivity index (χ1n) is 6.58. The van der Waals surface area contributed by atoms with E-state index in [9.17, 15) is 0 Å². The Morgan fingerprint density at radius 3 is 2.63 bits per heavy atom. The number of oxime groups is 1. The zero-order chi connectivity index (χ0) is 14.3. The fraction of sp³-hybridized carbons (Fsp3) is 0.533. The number of methoxy groups -OCH3 is 1. The van der Waals surface area contributed by atoms with E-state index in [4.69, 9.17) is 14.7 Å². The molecule has 0 fully saturated rings. The third-order valence-corrected chi connectivity index (χ3v) is 2.91. The van der Waals surface area contributed by atoms with Crippen LogP contribution in [0.3, 0.4) is 0 Å². The second-order valence-corrected chi connectivity index (χ2v) is 4.94. The van der Waals surface area contributed by atoms with E-state index in [-0.39, 0.29) is 0 Å². The van der Waals surface area contributed by atoms with Gasteiger partial charge in [-0.2, -0.15) is 0 Å². The molecule has 1 rings (SSSR count). The van der Waals surface area contributed by atoms with Gasteiger partial charge in [0, 0.05) is 5.56 Å². The summed E-state index contributed by atoms with van der Waals surface area (Å²) in [4.78, 5) is 0. The average Bonchev–Trinajstić information content (AvgIpc) is 2.42. The first kappa shape index (κ1) is 15.3. The second-order valence-electron chi connectivity index (χ2n) is 4.94. The predicted octanol–water partition coefficient (Wildman–Crippen LogP) is 3.71. The maximum Gasteiger partial charge on any atom is 0.161 e. The van der Waals surface area contributed by atoms with Gasteiger partial charge in [-0.3, -0.25) is 0 Å². The molecule has 0 aromatic heterocycles. The van der Waals surface area contributed by atoms with Gasteiger partial charge in [0.15, 0.2) is 11.5 Å². The Balaban J connectivity index is 2.68. The van der Waals surface area contributed by atoms with Crippen molar-refractivity contribution in [2.24, 2.45) is 11.1 Å². The molecule has 0 saturated heterocycles. The lowest BCUT2D eigenvalue weighted by atomic mass is 10.1. The van der Waals surface area contributed by atoms with Gasteiger partial charge in [-0.05, 0) is 43.9 Å². The van der Waals surface area contributed by atoms with Gasteiger partial charge in [-0.1, -0.05) is 19.0 Å². The zero-order valence-electron chi connectivity index (χ0n) is 12.1. The molecule has 0 heterocycles. The summed E-state index contributed by atoms with van der Waals surface area (Å²) in [6.07, 6.45) is 2.18. The summed E-state index contributed by atoms with van der Waals surface area (Å²) >= 11 is 0. The van der Waals surface area contributed by atoms with E-state index < -0.39 is 0 Å². The molecule has 0 amide bonds.